The van der Waals surface area contributed by atoms with Crippen molar-refractivity contribution in [2.45, 2.75) is 13.5 Å². The van der Waals surface area contributed by atoms with E-state index in [1.807, 2.05) is 26.2 Å². The lowest BCUT2D eigenvalue weighted by Gasteiger charge is -2.17. The molecule has 0 aliphatic heterocycles. The number of benzene rings is 2. The molecular weight excluding hydrogens is 266 g/mol. The number of anilines is 2. The summed E-state index contributed by atoms with van der Waals surface area (Å²) in [5.41, 5.74) is 4.36. The number of nitro benzene ring substituents is 1. The Morgan fingerprint density at radius 3 is 2.62 bits per heavy atom. The molecule has 0 atom stereocenters. The van der Waals surface area contributed by atoms with E-state index in [9.17, 15) is 10.1 Å². The number of hydrogen-bond acceptors (Lipinski definition) is 4. The summed E-state index contributed by atoms with van der Waals surface area (Å²) in [7, 11) is 4.01. The van der Waals surface area contributed by atoms with E-state index in [2.05, 4.69) is 29.3 Å². The molecular formula is C16H19N3O2. The average Bonchev–Trinajstić information content (AvgIpc) is 2.46. The van der Waals surface area contributed by atoms with Crippen molar-refractivity contribution < 1.29 is 4.92 Å². The summed E-state index contributed by atoms with van der Waals surface area (Å²) in [5.74, 6) is 0. The van der Waals surface area contributed by atoms with E-state index in [1.165, 1.54) is 11.6 Å². The monoisotopic (exact) mass is 285 g/mol. The predicted molar refractivity (Wildman–Crippen MR) is 85.9 cm³/mol. The zero-order chi connectivity index (χ0) is 15.4. The van der Waals surface area contributed by atoms with E-state index in [0.717, 1.165) is 16.9 Å². The van der Waals surface area contributed by atoms with Crippen molar-refractivity contribution >= 4 is 17.1 Å². The third-order valence-corrected chi connectivity index (χ3v) is 3.31. The number of nitrogens with one attached hydrogen (secondary N) is 1. The Hall–Kier alpha value is -2.56. The average molecular weight is 285 g/mol. The molecule has 2 aromatic carbocycles. The van der Waals surface area contributed by atoms with Crippen molar-refractivity contribution in [2.75, 3.05) is 24.3 Å². The van der Waals surface area contributed by atoms with Crippen molar-refractivity contribution in [1.82, 2.24) is 0 Å². The van der Waals surface area contributed by atoms with Gasteiger partial charge in [-0.05, 0) is 30.2 Å². The zero-order valence-electron chi connectivity index (χ0n) is 12.5. The number of aryl methyl sites for hydroxylation is 1. The standard InChI is InChI=1S/C16H19N3O2/c1-12-7-8-14(10-16(12)18(2)3)17-11-13-5-4-6-15(9-13)19(20)21/h4-10,17H,11H2,1-3H3. The number of nitrogens with zero attached hydrogens (tertiary/aromatic N) is 2. The van der Waals surface area contributed by atoms with E-state index in [1.54, 1.807) is 12.1 Å². The number of hydrogen-bond donors (Lipinski definition) is 1. The van der Waals surface area contributed by atoms with Gasteiger partial charge in [-0.15, -0.1) is 0 Å². The highest BCUT2D eigenvalue weighted by atomic mass is 16.6. The van der Waals surface area contributed by atoms with Crippen LogP contribution in [0, 0.1) is 17.0 Å². The fourth-order valence-electron chi connectivity index (χ4n) is 2.19. The minimum absolute atomic E-state index is 0.118. The molecule has 0 aliphatic carbocycles. The van der Waals surface area contributed by atoms with Gasteiger partial charge in [-0.1, -0.05) is 18.2 Å². The Bertz CT molecular complexity index is 654. The molecule has 0 bridgehead atoms. The van der Waals surface area contributed by atoms with Gasteiger partial charge < -0.3 is 10.2 Å². The van der Waals surface area contributed by atoms with Crippen molar-refractivity contribution in [1.29, 1.82) is 0 Å². The van der Waals surface area contributed by atoms with Crippen LogP contribution in [-0.4, -0.2) is 19.0 Å². The van der Waals surface area contributed by atoms with Crippen molar-refractivity contribution in [3.63, 3.8) is 0 Å². The molecule has 0 radical (unpaired) electrons. The predicted octanol–water partition coefficient (Wildman–Crippen LogP) is 3.58. The Balaban J connectivity index is 2.11. The first kappa shape index (κ1) is 14.8. The molecule has 0 saturated carbocycles. The topological polar surface area (TPSA) is 58.4 Å². The second kappa shape index (κ2) is 6.26. The normalized spacial score (nSPS) is 10.2. The summed E-state index contributed by atoms with van der Waals surface area (Å²) in [6, 6.07) is 12.8. The van der Waals surface area contributed by atoms with E-state index >= 15 is 0 Å². The van der Waals surface area contributed by atoms with Crippen LogP contribution < -0.4 is 10.2 Å². The minimum atomic E-state index is -0.375. The summed E-state index contributed by atoms with van der Waals surface area (Å²) >= 11 is 0. The van der Waals surface area contributed by atoms with Gasteiger partial charge in [0.25, 0.3) is 5.69 Å². The minimum Gasteiger partial charge on any atom is -0.381 e. The smallest absolute Gasteiger partial charge is 0.269 e. The van der Waals surface area contributed by atoms with Crippen LogP contribution >= 0.6 is 0 Å². The molecule has 0 saturated heterocycles. The van der Waals surface area contributed by atoms with Gasteiger partial charge in [0.15, 0.2) is 0 Å². The van der Waals surface area contributed by atoms with Crippen molar-refractivity contribution in [3.05, 3.63) is 63.7 Å². The van der Waals surface area contributed by atoms with Crippen LogP contribution in [-0.2, 0) is 6.54 Å². The molecule has 5 nitrogen and oxygen atoms in total. The highest BCUT2D eigenvalue weighted by Gasteiger charge is 2.06. The number of nitro groups is 1. The second-order valence-electron chi connectivity index (χ2n) is 5.18. The second-order valence-corrected chi connectivity index (χ2v) is 5.18. The first-order chi connectivity index (χ1) is 9.97. The third-order valence-electron chi connectivity index (χ3n) is 3.31. The maximum absolute atomic E-state index is 10.8. The maximum Gasteiger partial charge on any atom is 0.269 e. The molecule has 1 N–H and O–H groups in total. The number of non-ortho nitro benzene ring substituents is 1. The van der Waals surface area contributed by atoms with Crippen LogP contribution in [0.2, 0.25) is 0 Å². The van der Waals surface area contributed by atoms with E-state index < -0.39 is 0 Å². The van der Waals surface area contributed by atoms with Gasteiger partial charge >= 0.3 is 0 Å². The summed E-state index contributed by atoms with van der Waals surface area (Å²) in [4.78, 5) is 12.5. The Labute approximate surface area is 124 Å². The molecule has 0 heterocycles. The van der Waals surface area contributed by atoms with Crippen molar-refractivity contribution in [3.8, 4) is 0 Å². The van der Waals surface area contributed by atoms with Crippen LogP contribution in [0.1, 0.15) is 11.1 Å². The first-order valence-electron chi connectivity index (χ1n) is 6.72. The van der Waals surface area contributed by atoms with Crippen LogP contribution in [0.3, 0.4) is 0 Å². The first-order valence-corrected chi connectivity index (χ1v) is 6.72. The molecule has 0 aromatic heterocycles. The summed E-state index contributed by atoms with van der Waals surface area (Å²) < 4.78 is 0. The lowest BCUT2D eigenvalue weighted by molar-refractivity contribution is -0.384. The van der Waals surface area contributed by atoms with Gasteiger partial charge in [0.1, 0.15) is 0 Å². The third kappa shape index (κ3) is 3.72. The SMILES string of the molecule is Cc1ccc(NCc2cccc([N+](=O)[O-])c2)cc1N(C)C. The largest absolute Gasteiger partial charge is 0.381 e. The number of rotatable bonds is 5. The van der Waals surface area contributed by atoms with Crippen LogP contribution in [0.4, 0.5) is 17.1 Å². The van der Waals surface area contributed by atoms with E-state index in [-0.39, 0.29) is 10.6 Å². The molecule has 0 aliphatic rings. The summed E-state index contributed by atoms with van der Waals surface area (Å²) in [6.45, 7) is 2.62. The lowest BCUT2D eigenvalue weighted by atomic mass is 10.1. The molecule has 0 spiro atoms. The Morgan fingerprint density at radius 1 is 1.19 bits per heavy atom. The summed E-state index contributed by atoms with van der Waals surface area (Å²) in [5, 5.41) is 14.1. The quantitative estimate of drug-likeness (QED) is 0.674. The molecule has 21 heavy (non-hydrogen) atoms. The van der Waals surface area contributed by atoms with Gasteiger partial charge in [-0.2, -0.15) is 0 Å². The Kier molecular flexibility index (Phi) is 4.42. The van der Waals surface area contributed by atoms with E-state index in [0.29, 0.717) is 6.54 Å². The van der Waals surface area contributed by atoms with Crippen molar-refractivity contribution in [2.24, 2.45) is 0 Å². The van der Waals surface area contributed by atoms with E-state index in [4.69, 9.17) is 0 Å². The van der Waals surface area contributed by atoms with Crippen LogP contribution in [0.15, 0.2) is 42.5 Å². The van der Waals surface area contributed by atoms with Gasteiger partial charge in [0, 0.05) is 44.1 Å². The van der Waals surface area contributed by atoms with Gasteiger partial charge in [-0.3, -0.25) is 10.1 Å². The highest BCUT2D eigenvalue weighted by molar-refractivity contribution is 5.62. The highest BCUT2D eigenvalue weighted by Crippen LogP contribution is 2.23. The molecule has 5 heteroatoms. The molecule has 0 fully saturated rings. The van der Waals surface area contributed by atoms with Crippen LogP contribution in [0.5, 0.6) is 0 Å². The fourth-order valence-corrected chi connectivity index (χ4v) is 2.19. The fraction of sp³-hybridized carbons (Fsp3) is 0.250. The molecule has 0 unspecified atom stereocenters. The Morgan fingerprint density at radius 2 is 1.95 bits per heavy atom. The maximum atomic E-state index is 10.8. The summed E-state index contributed by atoms with van der Waals surface area (Å²) in [6.07, 6.45) is 0. The molecule has 2 aromatic rings. The molecule has 2 rings (SSSR count). The molecule has 110 valence electrons. The molecule has 0 amide bonds. The zero-order valence-corrected chi connectivity index (χ0v) is 12.5. The van der Waals surface area contributed by atoms with Gasteiger partial charge in [0.05, 0.1) is 4.92 Å². The lowest BCUT2D eigenvalue weighted by Crippen LogP contribution is -2.11. The van der Waals surface area contributed by atoms with Gasteiger partial charge in [-0.25, -0.2) is 0 Å². The van der Waals surface area contributed by atoms with Crippen LogP contribution in [0.25, 0.3) is 0 Å². The van der Waals surface area contributed by atoms with Gasteiger partial charge in [0.2, 0.25) is 0 Å².